The summed E-state index contributed by atoms with van der Waals surface area (Å²) in [6.07, 6.45) is 0.229. The van der Waals surface area contributed by atoms with E-state index in [2.05, 4.69) is 15.5 Å². The van der Waals surface area contributed by atoms with Crippen molar-refractivity contribution >= 4 is 11.3 Å². The Morgan fingerprint density at radius 1 is 1.31 bits per heavy atom. The molecule has 1 aromatic rings. The number of methoxy groups -OCH3 is 1. The van der Waals surface area contributed by atoms with Crippen LogP contribution in [0.1, 0.15) is 23.9 Å². The van der Waals surface area contributed by atoms with Gasteiger partial charge in [-0.15, -0.1) is 10.2 Å². The van der Waals surface area contributed by atoms with Crippen LogP contribution >= 0.6 is 11.3 Å². The highest BCUT2D eigenvalue weighted by atomic mass is 32.1. The lowest BCUT2D eigenvalue weighted by Gasteiger charge is -2.03. The van der Waals surface area contributed by atoms with Gasteiger partial charge in [-0.3, -0.25) is 0 Å². The molecule has 0 unspecified atom stereocenters. The van der Waals surface area contributed by atoms with E-state index in [0.717, 1.165) is 23.1 Å². The Bertz CT molecular complexity index is 291. The van der Waals surface area contributed by atoms with Gasteiger partial charge in [-0.2, -0.15) is 0 Å². The fourth-order valence-corrected chi connectivity index (χ4v) is 1.76. The maximum Gasteiger partial charge on any atom is 0.143 e. The minimum atomic E-state index is 0.229. The van der Waals surface area contributed by atoms with Crippen molar-refractivity contribution in [2.24, 2.45) is 0 Å². The minimum absolute atomic E-state index is 0.229. The fourth-order valence-electron chi connectivity index (χ4n) is 1.03. The monoisotopic (exact) mass is 245 g/mol. The van der Waals surface area contributed by atoms with Gasteiger partial charge in [0.15, 0.2) is 0 Å². The molecule has 0 amide bonds. The Morgan fingerprint density at radius 2 is 2.06 bits per heavy atom. The van der Waals surface area contributed by atoms with Crippen LogP contribution in [-0.2, 0) is 22.6 Å². The number of hydrogen-bond donors (Lipinski definition) is 1. The van der Waals surface area contributed by atoms with Crippen molar-refractivity contribution in [2.75, 3.05) is 20.3 Å². The van der Waals surface area contributed by atoms with E-state index >= 15 is 0 Å². The lowest BCUT2D eigenvalue weighted by molar-refractivity contribution is 0.0652. The molecule has 0 aliphatic heterocycles. The predicted molar refractivity (Wildman–Crippen MR) is 63.4 cm³/mol. The zero-order valence-corrected chi connectivity index (χ0v) is 10.8. The van der Waals surface area contributed by atoms with Crippen LogP contribution in [0.3, 0.4) is 0 Å². The summed E-state index contributed by atoms with van der Waals surface area (Å²) in [6.45, 7) is 6.84. The molecule has 0 saturated carbocycles. The first-order valence-electron chi connectivity index (χ1n) is 5.35. The first-order valence-corrected chi connectivity index (χ1v) is 6.16. The summed E-state index contributed by atoms with van der Waals surface area (Å²) in [5.41, 5.74) is 0. The van der Waals surface area contributed by atoms with Gasteiger partial charge in [0.25, 0.3) is 0 Å². The lowest BCUT2D eigenvalue weighted by atomic mass is 10.5. The van der Waals surface area contributed by atoms with Gasteiger partial charge >= 0.3 is 0 Å². The van der Waals surface area contributed by atoms with Crippen molar-refractivity contribution in [3.63, 3.8) is 0 Å². The summed E-state index contributed by atoms with van der Waals surface area (Å²) in [4.78, 5) is 0. The standard InChI is InChI=1S/C10H19N3O2S/c1-8(2)15-7-10-13-12-9(16-10)6-11-4-5-14-3/h8,11H,4-7H2,1-3H3. The number of ether oxygens (including phenoxy) is 2. The van der Waals surface area contributed by atoms with Crippen molar-refractivity contribution in [2.45, 2.75) is 33.1 Å². The number of aromatic nitrogens is 2. The topological polar surface area (TPSA) is 56.3 Å². The zero-order chi connectivity index (χ0) is 11.8. The highest BCUT2D eigenvalue weighted by Crippen LogP contribution is 2.11. The van der Waals surface area contributed by atoms with Crippen LogP contribution < -0.4 is 5.32 Å². The Balaban J connectivity index is 2.22. The maximum absolute atomic E-state index is 5.45. The van der Waals surface area contributed by atoms with Crippen molar-refractivity contribution in [1.29, 1.82) is 0 Å². The molecule has 92 valence electrons. The largest absolute Gasteiger partial charge is 0.383 e. The Labute approximate surface area is 100 Å². The smallest absolute Gasteiger partial charge is 0.143 e. The molecule has 0 aromatic carbocycles. The molecule has 0 atom stereocenters. The first kappa shape index (κ1) is 13.5. The molecular formula is C10H19N3O2S. The second-order valence-corrected chi connectivity index (χ2v) is 4.77. The molecule has 0 aliphatic carbocycles. The van der Waals surface area contributed by atoms with Crippen LogP contribution in [0, 0.1) is 0 Å². The minimum Gasteiger partial charge on any atom is -0.383 e. The molecule has 0 fully saturated rings. The summed E-state index contributed by atoms with van der Waals surface area (Å²) in [6, 6.07) is 0. The van der Waals surface area contributed by atoms with E-state index in [1.165, 1.54) is 0 Å². The molecule has 6 heteroatoms. The van der Waals surface area contributed by atoms with Gasteiger partial charge in [0.2, 0.25) is 0 Å². The third kappa shape index (κ3) is 5.50. The van der Waals surface area contributed by atoms with Crippen LogP contribution in [0.5, 0.6) is 0 Å². The van der Waals surface area contributed by atoms with Crippen LogP contribution in [0.15, 0.2) is 0 Å². The van der Waals surface area contributed by atoms with Gasteiger partial charge in [0, 0.05) is 20.2 Å². The summed E-state index contributed by atoms with van der Waals surface area (Å²) in [5, 5.41) is 13.3. The van der Waals surface area contributed by atoms with E-state index < -0.39 is 0 Å². The first-order chi connectivity index (χ1) is 7.72. The summed E-state index contributed by atoms with van der Waals surface area (Å²) in [7, 11) is 1.69. The van der Waals surface area contributed by atoms with Crippen LogP contribution in [0.4, 0.5) is 0 Å². The molecule has 16 heavy (non-hydrogen) atoms. The van der Waals surface area contributed by atoms with Crippen LogP contribution in [-0.4, -0.2) is 36.6 Å². The number of nitrogens with zero attached hydrogens (tertiary/aromatic N) is 2. The molecule has 0 bridgehead atoms. The van der Waals surface area contributed by atoms with E-state index in [4.69, 9.17) is 9.47 Å². The second kappa shape index (κ2) is 7.67. The highest BCUT2D eigenvalue weighted by molar-refractivity contribution is 7.11. The Hall–Kier alpha value is -0.560. The Morgan fingerprint density at radius 3 is 2.75 bits per heavy atom. The van der Waals surface area contributed by atoms with Gasteiger partial charge in [-0.1, -0.05) is 11.3 Å². The van der Waals surface area contributed by atoms with E-state index in [0.29, 0.717) is 13.2 Å². The highest BCUT2D eigenvalue weighted by Gasteiger charge is 2.04. The molecular weight excluding hydrogens is 226 g/mol. The third-order valence-corrected chi connectivity index (χ3v) is 2.70. The van der Waals surface area contributed by atoms with Crippen molar-refractivity contribution in [1.82, 2.24) is 15.5 Å². The number of hydrogen-bond acceptors (Lipinski definition) is 6. The fraction of sp³-hybridized carbons (Fsp3) is 0.800. The van der Waals surface area contributed by atoms with Crippen molar-refractivity contribution in [3.05, 3.63) is 10.0 Å². The Kier molecular flexibility index (Phi) is 6.47. The SMILES string of the molecule is COCCNCc1nnc(COC(C)C)s1. The quantitative estimate of drug-likeness (QED) is 0.697. The van der Waals surface area contributed by atoms with Gasteiger partial charge in [-0.05, 0) is 13.8 Å². The average Bonchev–Trinajstić information content (AvgIpc) is 2.70. The van der Waals surface area contributed by atoms with Crippen LogP contribution in [0.2, 0.25) is 0 Å². The maximum atomic E-state index is 5.45. The molecule has 5 nitrogen and oxygen atoms in total. The van der Waals surface area contributed by atoms with Crippen molar-refractivity contribution < 1.29 is 9.47 Å². The van der Waals surface area contributed by atoms with Crippen molar-refractivity contribution in [3.8, 4) is 0 Å². The van der Waals surface area contributed by atoms with E-state index in [1.54, 1.807) is 18.4 Å². The van der Waals surface area contributed by atoms with E-state index in [9.17, 15) is 0 Å². The molecule has 1 N–H and O–H groups in total. The molecule has 0 aliphatic rings. The van der Waals surface area contributed by atoms with E-state index in [1.807, 2.05) is 13.8 Å². The number of nitrogens with one attached hydrogen (secondary N) is 1. The molecule has 0 radical (unpaired) electrons. The van der Waals surface area contributed by atoms with E-state index in [-0.39, 0.29) is 6.10 Å². The van der Waals surface area contributed by atoms with Gasteiger partial charge in [-0.25, -0.2) is 0 Å². The second-order valence-electron chi connectivity index (χ2n) is 3.62. The average molecular weight is 245 g/mol. The summed E-state index contributed by atoms with van der Waals surface area (Å²) in [5.74, 6) is 0. The van der Waals surface area contributed by atoms with Gasteiger partial charge < -0.3 is 14.8 Å². The van der Waals surface area contributed by atoms with Gasteiger partial charge in [0.1, 0.15) is 16.6 Å². The van der Waals surface area contributed by atoms with Gasteiger partial charge in [0.05, 0.1) is 12.7 Å². The summed E-state index contributed by atoms with van der Waals surface area (Å²) < 4.78 is 10.4. The lowest BCUT2D eigenvalue weighted by Crippen LogP contribution is -2.18. The molecule has 1 heterocycles. The zero-order valence-electron chi connectivity index (χ0n) is 10.0. The molecule has 0 saturated heterocycles. The summed E-state index contributed by atoms with van der Waals surface area (Å²) >= 11 is 1.58. The molecule has 1 rings (SSSR count). The van der Waals surface area contributed by atoms with Crippen LogP contribution in [0.25, 0.3) is 0 Å². The predicted octanol–water partition coefficient (Wildman–Crippen LogP) is 1.20. The normalized spacial score (nSPS) is 11.2. The molecule has 0 spiro atoms. The molecule has 1 aromatic heterocycles. The third-order valence-electron chi connectivity index (χ3n) is 1.81. The number of rotatable bonds is 8.